The largest absolute Gasteiger partial charge is 0.355 e. The number of piperidine rings is 1. The van der Waals surface area contributed by atoms with Gasteiger partial charge >= 0.3 is 0 Å². The summed E-state index contributed by atoms with van der Waals surface area (Å²) in [5.74, 6) is 1.55. The van der Waals surface area contributed by atoms with Gasteiger partial charge in [-0.2, -0.15) is 5.10 Å². The van der Waals surface area contributed by atoms with Gasteiger partial charge in [0.15, 0.2) is 0 Å². The van der Waals surface area contributed by atoms with Crippen LogP contribution in [0.3, 0.4) is 0 Å². The summed E-state index contributed by atoms with van der Waals surface area (Å²) in [5.41, 5.74) is 0.771. The van der Waals surface area contributed by atoms with Gasteiger partial charge in [0.25, 0.3) is 11.1 Å². The molecule has 1 saturated heterocycles. The van der Waals surface area contributed by atoms with E-state index in [1.165, 1.54) is 4.68 Å². The topological polar surface area (TPSA) is 73.0 Å². The SMILES string of the molecule is CC(C)c1cc(=O)n(CC2CCN(c3ccc(=O)n(C)n3)CC2)cn1. The first-order valence-electron chi connectivity index (χ1n) is 8.79. The van der Waals surface area contributed by atoms with Crippen LogP contribution < -0.4 is 16.0 Å². The molecule has 25 heavy (non-hydrogen) atoms. The number of hydrogen-bond donors (Lipinski definition) is 0. The maximum absolute atomic E-state index is 12.2. The van der Waals surface area contributed by atoms with Crippen LogP contribution in [0, 0.1) is 5.92 Å². The van der Waals surface area contributed by atoms with E-state index < -0.39 is 0 Å². The quantitative estimate of drug-likeness (QED) is 0.838. The van der Waals surface area contributed by atoms with Crippen molar-refractivity contribution >= 4 is 5.82 Å². The van der Waals surface area contributed by atoms with Crippen LogP contribution in [0.2, 0.25) is 0 Å². The number of anilines is 1. The van der Waals surface area contributed by atoms with Crippen LogP contribution in [0.25, 0.3) is 0 Å². The minimum absolute atomic E-state index is 0.0286. The van der Waals surface area contributed by atoms with E-state index in [1.807, 2.05) is 13.8 Å². The van der Waals surface area contributed by atoms with E-state index in [-0.39, 0.29) is 17.0 Å². The zero-order chi connectivity index (χ0) is 18.0. The van der Waals surface area contributed by atoms with Gasteiger partial charge in [0.05, 0.1) is 12.0 Å². The second kappa shape index (κ2) is 7.21. The summed E-state index contributed by atoms with van der Waals surface area (Å²) in [6.07, 6.45) is 3.66. The lowest BCUT2D eigenvalue weighted by Crippen LogP contribution is -2.37. The Hall–Kier alpha value is -2.44. The summed E-state index contributed by atoms with van der Waals surface area (Å²) in [6.45, 7) is 6.54. The lowest BCUT2D eigenvalue weighted by molar-refractivity contribution is 0.349. The van der Waals surface area contributed by atoms with E-state index in [0.717, 1.165) is 37.4 Å². The summed E-state index contributed by atoms with van der Waals surface area (Å²) >= 11 is 0. The van der Waals surface area contributed by atoms with E-state index in [2.05, 4.69) is 15.0 Å². The zero-order valence-electron chi connectivity index (χ0n) is 15.1. The lowest BCUT2D eigenvalue weighted by Gasteiger charge is -2.32. The number of aryl methyl sites for hydroxylation is 1. The first kappa shape index (κ1) is 17.4. The smallest absolute Gasteiger partial charge is 0.266 e. The number of hydrogen-bond acceptors (Lipinski definition) is 5. The molecule has 0 spiro atoms. The summed E-state index contributed by atoms with van der Waals surface area (Å²) in [5, 5.41) is 4.31. The lowest BCUT2D eigenvalue weighted by atomic mass is 9.96. The van der Waals surface area contributed by atoms with Crippen LogP contribution in [0.4, 0.5) is 5.82 Å². The Morgan fingerprint density at radius 3 is 2.48 bits per heavy atom. The van der Waals surface area contributed by atoms with Crippen molar-refractivity contribution < 1.29 is 0 Å². The molecule has 7 heteroatoms. The Morgan fingerprint density at radius 2 is 1.88 bits per heavy atom. The van der Waals surface area contributed by atoms with Gasteiger partial charge in [-0.05, 0) is 30.7 Å². The van der Waals surface area contributed by atoms with Crippen molar-refractivity contribution in [1.29, 1.82) is 0 Å². The summed E-state index contributed by atoms with van der Waals surface area (Å²) in [6, 6.07) is 4.98. The van der Waals surface area contributed by atoms with Crippen molar-refractivity contribution in [1.82, 2.24) is 19.3 Å². The standard InChI is InChI=1S/C18H25N5O2/c1-13(2)15-10-18(25)23(12-19-15)11-14-6-8-22(9-7-14)16-4-5-17(24)21(3)20-16/h4-5,10,12-14H,6-9,11H2,1-3H3. The Kier molecular flexibility index (Phi) is 5.01. The highest BCUT2D eigenvalue weighted by molar-refractivity contribution is 5.36. The monoisotopic (exact) mass is 343 g/mol. The Bertz CT molecular complexity index is 847. The summed E-state index contributed by atoms with van der Waals surface area (Å²) in [4.78, 5) is 30.3. The Labute approximate surface area is 146 Å². The van der Waals surface area contributed by atoms with E-state index in [1.54, 1.807) is 36.1 Å². The van der Waals surface area contributed by atoms with Crippen molar-refractivity contribution in [3.63, 3.8) is 0 Å². The van der Waals surface area contributed by atoms with Gasteiger partial charge in [0.1, 0.15) is 5.82 Å². The minimum Gasteiger partial charge on any atom is -0.355 e. The normalized spacial score (nSPS) is 15.8. The van der Waals surface area contributed by atoms with E-state index >= 15 is 0 Å². The molecule has 134 valence electrons. The average molecular weight is 343 g/mol. The molecule has 0 bridgehead atoms. The molecule has 1 aliphatic heterocycles. The third-order valence-electron chi connectivity index (χ3n) is 4.83. The van der Waals surface area contributed by atoms with Gasteiger partial charge in [-0.25, -0.2) is 9.67 Å². The summed E-state index contributed by atoms with van der Waals surface area (Å²) < 4.78 is 3.08. The average Bonchev–Trinajstić information content (AvgIpc) is 2.59. The van der Waals surface area contributed by atoms with Gasteiger partial charge in [-0.3, -0.25) is 14.2 Å². The van der Waals surface area contributed by atoms with Crippen LogP contribution in [0.15, 0.2) is 34.1 Å². The zero-order valence-corrected chi connectivity index (χ0v) is 15.1. The second-order valence-electron chi connectivity index (χ2n) is 7.04. The van der Waals surface area contributed by atoms with E-state index in [0.29, 0.717) is 12.5 Å². The molecule has 3 rings (SSSR count). The maximum Gasteiger partial charge on any atom is 0.266 e. The van der Waals surface area contributed by atoms with Crippen molar-refractivity contribution in [2.24, 2.45) is 13.0 Å². The fourth-order valence-electron chi connectivity index (χ4n) is 3.17. The molecular formula is C18H25N5O2. The van der Waals surface area contributed by atoms with Gasteiger partial charge in [-0.1, -0.05) is 13.8 Å². The Morgan fingerprint density at radius 1 is 1.16 bits per heavy atom. The third-order valence-corrected chi connectivity index (χ3v) is 4.83. The highest BCUT2D eigenvalue weighted by Crippen LogP contribution is 2.22. The third kappa shape index (κ3) is 3.97. The van der Waals surface area contributed by atoms with Gasteiger partial charge in [0.2, 0.25) is 0 Å². The molecule has 0 atom stereocenters. The molecule has 3 heterocycles. The molecule has 1 fully saturated rings. The first-order valence-corrected chi connectivity index (χ1v) is 8.79. The molecule has 2 aromatic heterocycles. The first-order chi connectivity index (χ1) is 11.9. The molecule has 7 nitrogen and oxygen atoms in total. The molecule has 0 N–H and O–H groups in total. The summed E-state index contributed by atoms with van der Waals surface area (Å²) in [7, 11) is 1.67. The van der Waals surface area contributed by atoms with Crippen molar-refractivity contribution in [3.05, 3.63) is 50.9 Å². The number of aromatic nitrogens is 4. The molecule has 0 amide bonds. The highest BCUT2D eigenvalue weighted by Gasteiger charge is 2.21. The van der Waals surface area contributed by atoms with Gasteiger partial charge in [-0.15, -0.1) is 0 Å². The van der Waals surface area contributed by atoms with Crippen LogP contribution in [-0.2, 0) is 13.6 Å². The molecule has 0 radical (unpaired) electrons. The number of nitrogens with zero attached hydrogens (tertiary/aromatic N) is 5. The second-order valence-corrected chi connectivity index (χ2v) is 7.04. The molecule has 2 aromatic rings. The van der Waals surface area contributed by atoms with Crippen LogP contribution in [-0.4, -0.2) is 32.4 Å². The predicted molar refractivity (Wildman–Crippen MR) is 97.0 cm³/mol. The van der Waals surface area contributed by atoms with Crippen LogP contribution >= 0.6 is 0 Å². The molecule has 1 aliphatic rings. The van der Waals surface area contributed by atoms with Crippen molar-refractivity contribution in [3.8, 4) is 0 Å². The molecule has 0 unspecified atom stereocenters. The molecule has 0 saturated carbocycles. The predicted octanol–water partition coefficient (Wildman–Crippen LogP) is 1.38. The fourth-order valence-corrected chi connectivity index (χ4v) is 3.17. The fraction of sp³-hybridized carbons (Fsp3) is 0.556. The molecule has 0 aliphatic carbocycles. The Balaban J connectivity index is 1.62. The molecule has 0 aromatic carbocycles. The van der Waals surface area contributed by atoms with Crippen LogP contribution in [0.5, 0.6) is 0 Å². The van der Waals surface area contributed by atoms with E-state index in [9.17, 15) is 9.59 Å². The van der Waals surface area contributed by atoms with Crippen molar-refractivity contribution in [2.75, 3.05) is 18.0 Å². The van der Waals surface area contributed by atoms with Crippen LogP contribution in [0.1, 0.15) is 38.3 Å². The minimum atomic E-state index is -0.102. The van der Waals surface area contributed by atoms with Crippen molar-refractivity contribution in [2.45, 2.75) is 39.2 Å². The van der Waals surface area contributed by atoms with Gasteiger partial charge < -0.3 is 4.90 Å². The highest BCUT2D eigenvalue weighted by atomic mass is 16.1. The van der Waals surface area contributed by atoms with Gasteiger partial charge in [0, 0.05) is 38.8 Å². The van der Waals surface area contributed by atoms with E-state index in [4.69, 9.17) is 0 Å². The molecular weight excluding hydrogens is 318 g/mol. The maximum atomic E-state index is 12.2. The number of rotatable bonds is 4.